The molecule has 1 atom stereocenters. The second-order valence-electron chi connectivity index (χ2n) is 5.40. The molecule has 0 heterocycles. The Hall–Kier alpha value is -0.860. The van der Waals surface area contributed by atoms with Gasteiger partial charge in [0.05, 0.1) is 6.42 Å². The lowest BCUT2D eigenvalue weighted by Crippen LogP contribution is -2.16. The zero-order chi connectivity index (χ0) is 14.5. The van der Waals surface area contributed by atoms with E-state index in [-0.39, 0.29) is 24.5 Å². The number of Topliss-reactive ketones (excluding diaryl/α,β-unsaturated/α-hetero) is 1. The predicted octanol–water partition coefficient (Wildman–Crippen LogP) is 4.59. The lowest BCUT2D eigenvalue weighted by Gasteiger charge is -2.15. The van der Waals surface area contributed by atoms with Gasteiger partial charge in [-0.05, 0) is 12.8 Å². The van der Waals surface area contributed by atoms with E-state index in [2.05, 4.69) is 13.8 Å². The van der Waals surface area contributed by atoms with Gasteiger partial charge in [0.25, 0.3) is 0 Å². The van der Waals surface area contributed by atoms with Crippen LogP contribution in [-0.2, 0) is 9.59 Å². The first-order chi connectivity index (χ1) is 9.11. The first-order valence-electron chi connectivity index (χ1n) is 7.86. The molecule has 0 aromatic rings. The van der Waals surface area contributed by atoms with Crippen LogP contribution in [0, 0.1) is 5.92 Å². The Morgan fingerprint density at radius 1 is 0.842 bits per heavy atom. The van der Waals surface area contributed by atoms with Crippen LogP contribution < -0.4 is 0 Å². The molecule has 0 aliphatic rings. The number of carboxylic acid groups (broad SMARTS) is 1. The molecule has 112 valence electrons. The Morgan fingerprint density at radius 2 is 1.42 bits per heavy atom. The lowest BCUT2D eigenvalue weighted by atomic mass is 9.89. The summed E-state index contributed by atoms with van der Waals surface area (Å²) in [5.74, 6) is -0.613. The summed E-state index contributed by atoms with van der Waals surface area (Å²) < 4.78 is 0. The Balaban J connectivity index is 3.98. The summed E-state index contributed by atoms with van der Waals surface area (Å²) in [6.07, 6.45) is 10.3. The minimum atomic E-state index is -0.870. The molecule has 3 heteroatoms. The highest BCUT2D eigenvalue weighted by molar-refractivity contribution is 5.84. The van der Waals surface area contributed by atoms with Gasteiger partial charge < -0.3 is 5.11 Å². The third-order valence-electron chi connectivity index (χ3n) is 3.60. The average Bonchev–Trinajstić information content (AvgIpc) is 2.39. The van der Waals surface area contributed by atoms with E-state index in [1.54, 1.807) is 0 Å². The van der Waals surface area contributed by atoms with Gasteiger partial charge in [-0.1, -0.05) is 58.8 Å². The molecule has 0 bridgehead atoms. The van der Waals surface area contributed by atoms with Gasteiger partial charge >= 0.3 is 5.97 Å². The maximum absolute atomic E-state index is 12.0. The third kappa shape index (κ3) is 10.7. The van der Waals surface area contributed by atoms with Gasteiger partial charge in [-0.2, -0.15) is 0 Å². The minimum Gasteiger partial charge on any atom is -0.481 e. The Morgan fingerprint density at radius 3 is 2.00 bits per heavy atom. The second-order valence-corrected chi connectivity index (χ2v) is 5.40. The van der Waals surface area contributed by atoms with Crippen LogP contribution in [0.15, 0.2) is 0 Å². The number of rotatable bonds is 13. The van der Waals surface area contributed by atoms with E-state index in [1.165, 1.54) is 25.7 Å². The van der Waals surface area contributed by atoms with Crippen LogP contribution >= 0.6 is 0 Å². The monoisotopic (exact) mass is 270 g/mol. The van der Waals surface area contributed by atoms with E-state index in [9.17, 15) is 9.59 Å². The van der Waals surface area contributed by atoms with E-state index in [0.29, 0.717) is 0 Å². The van der Waals surface area contributed by atoms with E-state index in [4.69, 9.17) is 5.11 Å². The molecule has 0 radical (unpaired) electrons. The normalized spacial score (nSPS) is 12.3. The third-order valence-corrected chi connectivity index (χ3v) is 3.60. The van der Waals surface area contributed by atoms with Crippen LogP contribution in [0.5, 0.6) is 0 Å². The highest BCUT2D eigenvalue weighted by Crippen LogP contribution is 2.20. The molecular weight excluding hydrogens is 240 g/mol. The molecule has 3 nitrogen and oxygen atoms in total. The van der Waals surface area contributed by atoms with Gasteiger partial charge in [-0.25, -0.2) is 0 Å². The highest BCUT2D eigenvalue weighted by Gasteiger charge is 2.18. The zero-order valence-electron chi connectivity index (χ0n) is 12.6. The van der Waals surface area contributed by atoms with E-state index in [0.717, 1.165) is 32.1 Å². The summed E-state index contributed by atoms with van der Waals surface area (Å²) in [7, 11) is 0. The fraction of sp³-hybridized carbons (Fsp3) is 0.875. The molecule has 19 heavy (non-hydrogen) atoms. The standard InChI is InChI=1S/C16H30O3/c1-3-5-7-8-9-11-14(10-6-4-2)15(17)12-13-16(18)19/h14H,3-13H2,1-2H3,(H,18,19). The van der Waals surface area contributed by atoms with E-state index in [1.807, 2.05) is 0 Å². The smallest absolute Gasteiger partial charge is 0.303 e. The first kappa shape index (κ1) is 18.1. The van der Waals surface area contributed by atoms with Gasteiger partial charge in [0.15, 0.2) is 0 Å². The molecule has 1 unspecified atom stereocenters. The summed E-state index contributed by atoms with van der Waals surface area (Å²) in [6.45, 7) is 4.32. The quantitative estimate of drug-likeness (QED) is 0.498. The topological polar surface area (TPSA) is 54.4 Å². The highest BCUT2D eigenvalue weighted by atomic mass is 16.4. The van der Waals surface area contributed by atoms with Crippen LogP contribution in [0.25, 0.3) is 0 Å². The maximum Gasteiger partial charge on any atom is 0.303 e. The summed E-state index contributed by atoms with van der Waals surface area (Å²) in [6, 6.07) is 0. The fourth-order valence-electron chi connectivity index (χ4n) is 2.35. The molecule has 0 aromatic carbocycles. The number of carbonyl (C=O) groups is 2. The molecule has 0 saturated heterocycles. The molecule has 1 N–H and O–H groups in total. The van der Waals surface area contributed by atoms with Crippen molar-refractivity contribution in [2.45, 2.75) is 84.5 Å². The zero-order valence-corrected chi connectivity index (χ0v) is 12.6. The number of aliphatic carboxylic acids is 1. The summed E-state index contributed by atoms with van der Waals surface area (Å²) in [5, 5.41) is 8.64. The molecule has 0 rings (SSSR count). The number of ketones is 1. The summed E-state index contributed by atoms with van der Waals surface area (Å²) >= 11 is 0. The van der Waals surface area contributed by atoms with Crippen molar-refractivity contribution in [1.29, 1.82) is 0 Å². The van der Waals surface area contributed by atoms with Gasteiger partial charge in [0.1, 0.15) is 5.78 Å². The largest absolute Gasteiger partial charge is 0.481 e. The SMILES string of the molecule is CCCCCCCC(CCCC)C(=O)CCC(=O)O. The Labute approximate surface area is 117 Å². The number of hydrogen-bond acceptors (Lipinski definition) is 2. The van der Waals surface area contributed by atoms with Crippen molar-refractivity contribution in [2.75, 3.05) is 0 Å². The van der Waals surface area contributed by atoms with Gasteiger partial charge in [-0.15, -0.1) is 0 Å². The van der Waals surface area contributed by atoms with Gasteiger partial charge in [0, 0.05) is 12.3 Å². The van der Waals surface area contributed by atoms with Crippen LogP contribution in [-0.4, -0.2) is 16.9 Å². The second kappa shape index (κ2) is 12.2. The minimum absolute atomic E-state index is 0.0166. The van der Waals surface area contributed by atoms with Crippen molar-refractivity contribution >= 4 is 11.8 Å². The van der Waals surface area contributed by atoms with Gasteiger partial charge in [0.2, 0.25) is 0 Å². The molecule has 0 aliphatic carbocycles. The molecule has 0 aromatic heterocycles. The van der Waals surface area contributed by atoms with Crippen molar-refractivity contribution in [3.8, 4) is 0 Å². The van der Waals surface area contributed by atoms with Crippen molar-refractivity contribution in [1.82, 2.24) is 0 Å². The van der Waals surface area contributed by atoms with Gasteiger partial charge in [-0.3, -0.25) is 9.59 Å². The van der Waals surface area contributed by atoms with Crippen molar-refractivity contribution in [3.05, 3.63) is 0 Å². The van der Waals surface area contributed by atoms with Crippen LogP contribution in [0.4, 0.5) is 0 Å². The summed E-state index contributed by atoms with van der Waals surface area (Å²) in [4.78, 5) is 22.5. The lowest BCUT2D eigenvalue weighted by molar-refractivity contribution is -0.139. The number of hydrogen-bond donors (Lipinski definition) is 1. The van der Waals surface area contributed by atoms with Crippen LogP contribution in [0.1, 0.15) is 84.5 Å². The van der Waals surface area contributed by atoms with Crippen molar-refractivity contribution < 1.29 is 14.7 Å². The van der Waals surface area contributed by atoms with Crippen LogP contribution in [0.2, 0.25) is 0 Å². The Kier molecular flexibility index (Phi) is 11.6. The molecule has 0 spiro atoms. The van der Waals surface area contributed by atoms with Crippen molar-refractivity contribution in [2.24, 2.45) is 5.92 Å². The average molecular weight is 270 g/mol. The number of carbonyl (C=O) groups excluding carboxylic acids is 1. The molecule has 0 aliphatic heterocycles. The van der Waals surface area contributed by atoms with E-state index >= 15 is 0 Å². The fourth-order valence-corrected chi connectivity index (χ4v) is 2.35. The molecule has 0 amide bonds. The van der Waals surface area contributed by atoms with Crippen molar-refractivity contribution in [3.63, 3.8) is 0 Å². The predicted molar refractivity (Wildman–Crippen MR) is 78.3 cm³/mol. The number of carboxylic acids is 1. The summed E-state index contributed by atoms with van der Waals surface area (Å²) in [5.41, 5.74) is 0. The maximum atomic E-state index is 12.0. The van der Waals surface area contributed by atoms with Crippen LogP contribution in [0.3, 0.4) is 0 Å². The van der Waals surface area contributed by atoms with E-state index < -0.39 is 5.97 Å². The first-order valence-corrected chi connectivity index (χ1v) is 7.86. The molecule has 0 saturated carbocycles. The number of unbranched alkanes of at least 4 members (excludes halogenated alkanes) is 5. The molecule has 0 fully saturated rings. The molecular formula is C16H30O3. The Bertz CT molecular complexity index is 248.